The van der Waals surface area contributed by atoms with Crippen molar-refractivity contribution in [2.24, 2.45) is 0 Å². The molecular formula is C20H25ClN4O5S. The maximum absolute atomic E-state index is 12.7. The first-order valence-corrected chi connectivity index (χ1v) is 11.6. The van der Waals surface area contributed by atoms with E-state index >= 15 is 0 Å². The Bertz CT molecular complexity index is 1050. The Morgan fingerprint density at radius 3 is 2.58 bits per heavy atom. The molecule has 4 N–H and O–H groups in total. The molecule has 11 heteroatoms. The van der Waals surface area contributed by atoms with Gasteiger partial charge < -0.3 is 14.8 Å². The minimum absolute atomic E-state index is 0.0348. The lowest BCUT2D eigenvalue weighted by Gasteiger charge is -2.15. The van der Waals surface area contributed by atoms with Gasteiger partial charge in [-0.3, -0.25) is 9.52 Å². The first kappa shape index (κ1) is 23.1. The van der Waals surface area contributed by atoms with Gasteiger partial charge in [-0.2, -0.15) is 0 Å². The molecule has 9 nitrogen and oxygen atoms in total. The fourth-order valence-electron chi connectivity index (χ4n) is 3.07. The molecule has 1 amide bonds. The Balaban J connectivity index is 1.63. The minimum atomic E-state index is -3.79. The summed E-state index contributed by atoms with van der Waals surface area (Å²) in [6.45, 7) is 4.20. The van der Waals surface area contributed by atoms with Crippen LogP contribution in [-0.4, -0.2) is 39.5 Å². The van der Waals surface area contributed by atoms with E-state index in [1.165, 1.54) is 7.11 Å². The van der Waals surface area contributed by atoms with E-state index in [1.54, 1.807) is 36.4 Å². The number of halogens is 1. The summed E-state index contributed by atoms with van der Waals surface area (Å²) in [4.78, 5) is 12.7. The van der Waals surface area contributed by atoms with Gasteiger partial charge in [0.2, 0.25) is 15.9 Å². The minimum Gasteiger partial charge on any atom is -0.495 e. The molecule has 31 heavy (non-hydrogen) atoms. The number of amides is 1. The number of hydrogen-bond donors (Lipinski definition) is 4. The SMILES string of the molecule is CCOc1ccc(NS(=O)(=O)C2CC(C(=O)Nc3cc(C)c(Cl)cc3OC)NN2)cc1. The van der Waals surface area contributed by atoms with Crippen LogP contribution in [0.2, 0.25) is 5.02 Å². The van der Waals surface area contributed by atoms with Crippen molar-refractivity contribution in [1.29, 1.82) is 0 Å². The molecule has 0 aromatic heterocycles. The summed E-state index contributed by atoms with van der Waals surface area (Å²) in [6.07, 6.45) is 0.0348. The second kappa shape index (κ2) is 9.73. The lowest BCUT2D eigenvalue weighted by atomic mass is 10.1. The molecule has 1 aliphatic heterocycles. The molecule has 0 spiro atoms. The van der Waals surface area contributed by atoms with Crippen molar-refractivity contribution in [2.75, 3.05) is 23.8 Å². The summed E-state index contributed by atoms with van der Waals surface area (Å²) >= 11 is 6.09. The van der Waals surface area contributed by atoms with Crippen molar-refractivity contribution < 1.29 is 22.7 Å². The van der Waals surface area contributed by atoms with Gasteiger partial charge in [-0.05, 0) is 49.7 Å². The lowest BCUT2D eigenvalue weighted by Crippen LogP contribution is -2.42. The average Bonchev–Trinajstić information content (AvgIpc) is 3.23. The molecule has 1 fully saturated rings. The van der Waals surface area contributed by atoms with Crippen molar-refractivity contribution in [2.45, 2.75) is 31.7 Å². The number of methoxy groups -OCH3 is 1. The number of rotatable bonds is 8. The normalized spacial score (nSPS) is 18.5. The van der Waals surface area contributed by atoms with Crippen LogP contribution in [0.5, 0.6) is 11.5 Å². The number of nitrogens with one attached hydrogen (secondary N) is 4. The number of carbonyl (C=O) groups is 1. The van der Waals surface area contributed by atoms with E-state index in [2.05, 4.69) is 20.9 Å². The van der Waals surface area contributed by atoms with Crippen LogP contribution in [-0.2, 0) is 14.8 Å². The van der Waals surface area contributed by atoms with E-state index in [-0.39, 0.29) is 6.42 Å². The number of hydrazine groups is 1. The molecule has 0 radical (unpaired) electrons. The van der Waals surface area contributed by atoms with Crippen LogP contribution in [0, 0.1) is 6.92 Å². The van der Waals surface area contributed by atoms with Crippen molar-refractivity contribution in [1.82, 2.24) is 10.9 Å². The monoisotopic (exact) mass is 468 g/mol. The highest BCUT2D eigenvalue weighted by Crippen LogP contribution is 2.31. The fourth-order valence-corrected chi connectivity index (χ4v) is 4.50. The van der Waals surface area contributed by atoms with Gasteiger partial charge in [-0.15, -0.1) is 0 Å². The summed E-state index contributed by atoms with van der Waals surface area (Å²) in [5, 5.41) is 2.28. The second-order valence-corrected chi connectivity index (χ2v) is 9.23. The maximum atomic E-state index is 12.7. The molecule has 0 aliphatic carbocycles. The zero-order valence-corrected chi connectivity index (χ0v) is 18.9. The van der Waals surface area contributed by atoms with Crippen LogP contribution in [0.15, 0.2) is 36.4 Å². The van der Waals surface area contributed by atoms with Gasteiger partial charge >= 0.3 is 0 Å². The Kier molecular flexibility index (Phi) is 7.26. The predicted octanol–water partition coefficient (Wildman–Crippen LogP) is 2.63. The molecule has 2 aromatic carbocycles. The second-order valence-electron chi connectivity index (χ2n) is 6.96. The van der Waals surface area contributed by atoms with E-state index in [0.29, 0.717) is 34.5 Å². The topological polar surface area (TPSA) is 118 Å². The van der Waals surface area contributed by atoms with Crippen molar-refractivity contribution in [3.63, 3.8) is 0 Å². The zero-order valence-electron chi connectivity index (χ0n) is 17.4. The predicted molar refractivity (Wildman–Crippen MR) is 120 cm³/mol. The molecule has 0 bridgehead atoms. The largest absolute Gasteiger partial charge is 0.495 e. The van der Waals surface area contributed by atoms with Crippen molar-refractivity contribution in [3.8, 4) is 11.5 Å². The first-order chi connectivity index (χ1) is 14.7. The summed E-state index contributed by atoms with van der Waals surface area (Å²) in [7, 11) is -2.32. The summed E-state index contributed by atoms with van der Waals surface area (Å²) in [5.41, 5.74) is 7.05. The Morgan fingerprint density at radius 2 is 1.94 bits per heavy atom. The molecule has 1 aliphatic rings. The van der Waals surface area contributed by atoms with E-state index in [0.717, 1.165) is 5.56 Å². The van der Waals surface area contributed by atoms with Gasteiger partial charge in [0.15, 0.2) is 0 Å². The van der Waals surface area contributed by atoms with Gasteiger partial charge in [0.1, 0.15) is 22.9 Å². The molecule has 0 saturated carbocycles. The maximum Gasteiger partial charge on any atom is 0.250 e. The van der Waals surface area contributed by atoms with Crippen molar-refractivity contribution >= 4 is 38.9 Å². The fraction of sp³-hybridized carbons (Fsp3) is 0.350. The average molecular weight is 469 g/mol. The van der Waals surface area contributed by atoms with Crippen molar-refractivity contribution in [3.05, 3.63) is 47.0 Å². The third-order valence-corrected chi connectivity index (χ3v) is 6.71. The summed E-state index contributed by atoms with van der Waals surface area (Å²) < 4.78 is 38.5. The molecule has 2 aromatic rings. The van der Waals surface area contributed by atoms with E-state index in [1.807, 2.05) is 13.8 Å². The van der Waals surface area contributed by atoms with Crippen LogP contribution in [0.4, 0.5) is 11.4 Å². The number of benzene rings is 2. The smallest absolute Gasteiger partial charge is 0.250 e. The van der Waals surface area contributed by atoms with Crippen LogP contribution < -0.4 is 30.4 Å². The number of hydrogen-bond acceptors (Lipinski definition) is 7. The quantitative estimate of drug-likeness (QED) is 0.470. The highest BCUT2D eigenvalue weighted by atomic mass is 35.5. The van der Waals surface area contributed by atoms with Gasteiger partial charge in [-0.25, -0.2) is 19.3 Å². The van der Waals surface area contributed by atoms with Gasteiger partial charge in [-0.1, -0.05) is 11.6 Å². The van der Waals surface area contributed by atoms with Crippen LogP contribution >= 0.6 is 11.6 Å². The Morgan fingerprint density at radius 1 is 1.23 bits per heavy atom. The van der Waals surface area contributed by atoms with Gasteiger partial charge in [0.05, 0.1) is 19.4 Å². The highest BCUT2D eigenvalue weighted by molar-refractivity contribution is 7.93. The van der Waals surface area contributed by atoms with Crippen LogP contribution in [0.3, 0.4) is 0 Å². The van der Waals surface area contributed by atoms with Crippen LogP contribution in [0.25, 0.3) is 0 Å². The number of sulfonamides is 1. The zero-order chi connectivity index (χ0) is 22.6. The number of ether oxygens (including phenoxy) is 2. The van der Waals surface area contributed by atoms with Gasteiger partial charge in [0, 0.05) is 23.2 Å². The highest BCUT2D eigenvalue weighted by Gasteiger charge is 2.37. The first-order valence-electron chi connectivity index (χ1n) is 9.64. The van der Waals surface area contributed by atoms with Gasteiger partial charge in [0.25, 0.3) is 0 Å². The third kappa shape index (κ3) is 5.59. The summed E-state index contributed by atoms with van der Waals surface area (Å²) in [5.74, 6) is 0.665. The number of aryl methyl sites for hydroxylation is 1. The van der Waals surface area contributed by atoms with E-state index < -0.39 is 27.3 Å². The molecule has 168 valence electrons. The molecular weight excluding hydrogens is 444 g/mol. The molecule has 3 rings (SSSR count). The molecule has 2 atom stereocenters. The third-order valence-electron chi connectivity index (χ3n) is 4.72. The van der Waals surface area contributed by atoms with E-state index in [4.69, 9.17) is 21.1 Å². The number of carbonyl (C=O) groups excluding carboxylic acids is 1. The molecule has 2 unspecified atom stereocenters. The Hall–Kier alpha value is -2.53. The molecule has 1 saturated heterocycles. The van der Waals surface area contributed by atoms with E-state index in [9.17, 15) is 13.2 Å². The van der Waals surface area contributed by atoms with Crippen LogP contribution in [0.1, 0.15) is 18.9 Å². The number of anilines is 2. The summed E-state index contributed by atoms with van der Waals surface area (Å²) in [6, 6.07) is 9.14. The lowest BCUT2D eigenvalue weighted by molar-refractivity contribution is -0.117. The standard InChI is InChI=1S/C20H25ClN4O5S/c1-4-30-14-7-5-13(6-8-14)25-31(27,28)19-11-17(23-24-19)20(26)22-16-9-12(2)15(21)10-18(16)29-3/h5-10,17,19,23-25H,4,11H2,1-3H3,(H,22,26). The Labute approximate surface area is 186 Å². The molecule has 1 heterocycles.